The maximum atomic E-state index is 13.0. The van der Waals surface area contributed by atoms with Crippen LogP contribution in [0.1, 0.15) is 9.67 Å². The van der Waals surface area contributed by atoms with Gasteiger partial charge in [-0.15, -0.1) is 11.3 Å². The number of anilines is 2. The first-order chi connectivity index (χ1) is 12.5. The lowest BCUT2D eigenvalue weighted by molar-refractivity contribution is 0.103. The molecule has 5 nitrogen and oxygen atoms in total. The monoisotopic (exact) mass is 367 g/mol. The summed E-state index contributed by atoms with van der Waals surface area (Å²) in [6, 6.07) is 13.0. The summed E-state index contributed by atoms with van der Waals surface area (Å²) in [5.41, 5.74) is 7.87. The Morgan fingerprint density at radius 2 is 1.96 bits per heavy atom. The van der Waals surface area contributed by atoms with Crippen LogP contribution in [-0.4, -0.2) is 18.0 Å². The van der Waals surface area contributed by atoms with Gasteiger partial charge in [-0.1, -0.05) is 0 Å². The van der Waals surface area contributed by atoms with Gasteiger partial charge in [-0.2, -0.15) is 0 Å². The fourth-order valence-corrected chi connectivity index (χ4v) is 3.68. The normalized spacial score (nSPS) is 11.0. The summed E-state index contributed by atoms with van der Waals surface area (Å²) in [5.74, 6) is 0.0103. The third-order valence-corrected chi connectivity index (χ3v) is 5.14. The minimum Gasteiger partial charge on any atom is -0.497 e. The number of nitrogens with zero attached hydrogens (tertiary/aromatic N) is 1. The van der Waals surface area contributed by atoms with Crippen molar-refractivity contribution in [1.29, 1.82) is 0 Å². The van der Waals surface area contributed by atoms with E-state index in [-0.39, 0.29) is 11.7 Å². The summed E-state index contributed by atoms with van der Waals surface area (Å²) in [7, 11) is 1.60. The summed E-state index contributed by atoms with van der Waals surface area (Å²) >= 11 is 1.23. The highest BCUT2D eigenvalue weighted by atomic mass is 32.1. The van der Waals surface area contributed by atoms with E-state index in [9.17, 15) is 9.18 Å². The molecule has 0 atom stereocenters. The molecule has 4 rings (SSSR count). The summed E-state index contributed by atoms with van der Waals surface area (Å²) < 4.78 is 18.2. The molecule has 7 heteroatoms. The maximum Gasteiger partial charge on any atom is 0.267 e. The number of carbonyl (C=O) groups is 1. The maximum absolute atomic E-state index is 13.0. The highest BCUT2D eigenvalue weighted by molar-refractivity contribution is 7.21. The number of fused-ring (bicyclic) bond motifs is 2. The molecule has 0 fully saturated rings. The Bertz CT molecular complexity index is 1140. The van der Waals surface area contributed by atoms with Crippen LogP contribution in [0.25, 0.3) is 21.1 Å². The Balaban J connectivity index is 1.75. The van der Waals surface area contributed by atoms with Crippen molar-refractivity contribution in [2.24, 2.45) is 0 Å². The van der Waals surface area contributed by atoms with Gasteiger partial charge in [-0.05, 0) is 48.5 Å². The Labute approximate surface area is 152 Å². The molecule has 1 amide bonds. The summed E-state index contributed by atoms with van der Waals surface area (Å²) in [5, 5.41) is 4.33. The molecule has 0 aliphatic heterocycles. The smallest absolute Gasteiger partial charge is 0.267 e. The molecule has 0 bridgehead atoms. The minimum absolute atomic E-state index is 0.348. The second-order valence-corrected chi connectivity index (χ2v) is 6.70. The van der Waals surface area contributed by atoms with Crippen molar-refractivity contribution in [2.75, 3.05) is 18.2 Å². The van der Waals surface area contributed by atoms with E-state index in [1.807, 2.05) is 24.3 Å². The minimum atomic E-state index is -0.365. The number of rotatable bonds is 3. The van der Waals surface area contributed by atoms with E-state index in [1.54, 1.807) is 7.11 Å². The Morgan fingerprint density at radius 3 is 2.69 bits per heavy atom. The van der Waals surface area contributed by atoms with Crippen molar-refractivity contribution in [3.63, 3.8) is 0 Å². The standard InChI is InChI=1S/C19H14FN3O2S/c1-25-13-6-7-15-10(8-13)9-14-16(21)17(26-19(14)23-15)18(24)22-12-4-2-11(20)3-5-12/h2-9H,21H2,1H3,(H,22,24). The van der Waals surface area contributed by atoms with Gasteiger partial charge in [0.15, 0.2) is 0 Å². The highest BCUT2D eigenvalue weighted by Gasteiger charge is 2.18. The zero-order valence-electron chi connectivity index (χ0n) is 13.7. The predicted octanol–water partition coefficient (Wildman–Crippen LogP) is 4.43. The van der Waals surface area contributed by atoms with E-state index in [1.165, 1.54) is 35.6 Å². The van der Waals surface area contributed by atoms with Crippen molar-refractivity contribution in [3.05, 3.63) is 59.2 Å². The number of amides is 1. The summed E-state index contributed by atoms with van der Waals surface area (Å²) in [4.78, 5) is 18.2. The van der Waals surface area contributed by atoms with Crippen LogP contribution in [0.2, 0.25) is 0 Å². The summed E-state index contributed by atoms with van der Waals surface area (Å²) in [6.07, 6.45) is 0. The van der Waals surface area contributed by atoms with Crippen LogP contribution < -0.4 is 15.8 Å². The van der Waals surface area contributed by atoms with Crippen molar-refractivity contribution in [2.45, 2.75) is 0 Å². The Morgan fingerprint density at radius 1 is 1.19 bits per heavy atom. The molecular formula is C19H14FN3O2S. The van der Waals surface area contributed by atoms with Gasteiger partial charge in [-0.25, -0.2) is 9.37 Å². The van der Waals surface area contributed by atoms with Crippen molar-refractivity contribution < 1.29 is 13.9 Å². The zero-order valence-corrected chi connectivity index (χ0v) is 14.6. The fourth-order valence-electron chi connectivity index (χ4n) is 2.70. The van der Waals surface area contributed by atoms with E-state index in [0.29, 0.717) is 21.1 Å². The van der Waals surface area contributed by atoms with E-state index < -0.39 is 0 Å². The van der Waals surface area contributed by atoms with Crippen LogP contribution in [0.15, 0.2) is 48.5 Å². The molecule has 0 aliphatic rings. The van der Waals surface area contributed by atoms with Crippen molar-refractivity contribution >= 4 is 49.7 Å². The van der Waals surface area contributed by atoms with Crippen LogP contribution in [0.4, 0.5) is 15.8 Å². The Hall–Kier alpha value is -3.19. The van der Waals surface area contributed by atoms with Crippen LogP contribution in [-0.2, 0) is 0 Å². The molecule has 0 saturated heterocycles. The number of methoxy groups -OCH3 is 1. The van der Waals surface area contributed by atoms with Gasteiger partial charge in [0.05, 0.1) is 18.3 Å². The topological polar surface area (TPSA) is 77.2 Å². The number of halogens is 1. The average Bonchev–Trinajstić information content (AvgIpc) is 2.97. The summed E-state index contributed by atoms with van der Waals surface area (Å²) in [6.45, 7) is 0. The predicted molar refractivity (Wildman–Crippen MR) is 102 cm³/mol. The Kier molecular flexibility index (Phi) is 3.93. The van der Waals surface area contributed by atoms with E-state index in [0.717, 1.165) is 22.0 Å². The third kappa shape index (κ3) is 2.82. The van der Waals surface area contributed by atoms with Gasteiger partial charge in [0.25, 0.3) is 5.91 Å². The van der Waals surface area contributed by atoms with Crippen LogP contribution in [0.3, 0.4) is 0 Å². The molecule has 26 heavy (non-hydrogen) atoms. The molecule has 0 saturated carbocycles. The number of nitrogens with one attached hydrogen (secondary N) is 1. The second kappa shape index (κ2) is 6.27. The lowest BCUT2D eigenvalue weighted by atomic mass is 10.1. The van der Waals surface area contributed by atoms with Gasteiger partial charge in [-0.3, -0.25) is 4.79 Å². The average molecular weight is 367 g/mol. The molecule has 0 aliphatic carbocycles. The molecule has 2 aromatic heterocycles. The molecule has 130 valence electrons. The van der Waals surface area contributed by atoms with Crippen LogP contribution in [0.5, 0.6) is 5.75 Å². The van der Waals surface area contributed by atoms with Gasteiger partial charge >= 0.3 is 0 Å². The van der Waals surface area contributed by atoms with Gasteiger partial charge < -0.3 is 15.8 Å². The second-order valence-electron chi connectivity index (χ2n) is 5.71. The van der Waals surface area contributed by atoms with Crippen LogP contribution in [0, 0.1) is 5.82 Å². The largest absolute Gasteiger partial charge is 0.497 e. The number of aromatic nitrogens is 1. The van der Waals surface area contributed by atoms with Gasteiger partial charge in [0.2, 0.25) is 0 Å². The quantitative estimate of drug-likeness (QED) is 0.561. The molecule has 4 aromatic rings. The van der Waals surface area contributed by atoms with Crippen molar-refractivity contribution in [3.8, 4) is 5.75 Å². The van der Waals surface area contributed by atoms with E-state index >= 15 is 0 Å². The molecule has 2 aromatic carbocycles. The number of hydrogen-bond donors (Lipinski definition) is 2. The number of nitrogens with two attached hydrogens (primary N) is 1. The molecule has 0 unspecified atom stereocenters. The lowest BCUT2D eigenvalue weighted by Gasteiger charge is -2.04. The number of pyridine rings is 1. The zero-order chi connectivity index (χ0) is 18.3. The fraction of sp³-hybridized carbons (Fsp3) is 0.0526. The third-order valence-electron chi connectivity index (χ3n) is 4.03. The van der Waals surface area contributed by atoms with Crippen LogP contribution >= 0.6 is 11.3 Å². The molecule has 3 N–H and O–H groups in total. The van der Waals surface area contributed by atoms with Gasteiger partial charge in [0.1, 0.15) is 21.3 Å². The lowest BCUT2D eigenvalue weighted by Crippen LogP contribution is -2.11. The van der Waals surface area contributed by atoms with Gasteiger partial charge in [0, 0.05) is 16.5 Å². The number of ether oxygens (including phenoxy) is 1. The van der Waals surface area contributed by atoms with E-state index in [4.69, 9.17) is 10.5 Å². The molecule has 0 radical (unpaired) electrons. The number of nitrogen functional groups attached to an aromatic ring is 1. The number of hydrogen-bond acceptors (Lipinski definition) is 5. The number of benzene rings is 2. The molecule has 0 spiro atoms. The number of carbonyl (C=O) groups excluding carboxylic acids is 1. The first-order valence-electron chi connectivity index (χ1n) is 7.79. The first-order valence-corrected chi connectivity index (χ1v) is 8.60. The molecular weight excluding hydrogens is 353 g/mol. The molecule has 2 heterocycles. The SMILES string of the molecule is COc1ccc2nc3sc(C(=O)Nc4ccc(F)cc4)c(N)c3cc2c1. The van der Waals surface area contributed by atoms with E-state index in [2.05, 4.69) is 10.3 Å². The first kappa shape index (κ1) is 16.3. The highest BCUT2D eigenvalue weighted by Crippen LogP contribution is 2.35. The number of thiophene rings is 1. The van der Waals surface area contributed by atoms with Crippen molar-refractivity contribution in [1.82, 2.24) is 4.98 Å².